The molecule has 1 aromatic carbocycles. The van der Waals surface area contributed by atoms with Crippen molar-refractivity contribution in [3.8, 4) is 0 Å². The van der Waals surface area contributed by atoms with E-state index in [1.165, 1.54) is 11.1 Å². The zero-order valence-corrected chi connectivity index (χ0v) is 14.0. The zero-order valence-electron chi connectivity index (χ0n) is 14.0. The quantitative estimate of drug-likeness (QED) is 0.848. The molecule has 1 unspecified atom stereocenters. The molecule has 0 radical (unpaired) electrons. The van der Waals surface area contributed by atoms with Gasteiger partial charge in [-0.1, -0.05) is 35.4 Å². The Labute approximate surface area is 133 Å². The predicted octanol–water partition coefficient (Wildman–Crippen LogP) is 4.08. The minimum Gasteiger partial charge on any atom is -0.385 e. The Morgan fingerprint density at radius 1 is 1.14 bits per heavy atom. The number of hydrogen-bond acceptors (Lipinski definition) is 2. The molecule has 0 bridgehead atoms. The average molecular weight is 298 g/mol. The zero-order chi connectivity index (χ0) is 16.1. The maximum Gasteiger partial charge on any atom is 0.137 e. The number of imidazole rings is 1. The van der Waals surface area contributed by atoms with Crippen molar-refractivity contribution in [1.29, 1.82) is 0 Å². The predicted molar refractivity (Wildman–Crippen MR) is 90.8 cm³/mol. The molecule has 3 heteroatoms. The normalized spacial score (nSPS) is 15.0. The number of benzene rings is 1. The molecular formula is C19H26N2O. The summed E-state index contributed by atoms with van der Waals surface area (Å²) in [6.45, 7) is 9.08. The largest absolute Gasteiger partial charge is 0.385 e. The van der Waals surface area contributed by atoms with Crippen LogP contribution in [-0.4, -0.2) is 14.7 Å². The van der Waals surface area contributed by atoms with Crippen molar-refractivity contribution in [1.82, 2.24) is 9.55 Å². The van der Waals surface area contributed by atoms with E-state index in [0.717, 1.165) is 25.2 Å². The van der Waals surface area contributed by atoms with Crippen LogP contribution in [0.15, 0.2) is 47.8 Å². The Hall–Kier alpha value is -1.87. The average Bonchev–Trinajstić information content (AvgIpc) is 2.98. The molecule has 0 fully saturated rings. The fourth-order valence-corrected chi connectivity index (χ4v) is 2.73. The van der Waals surface area contributed by atoms with Crippen molar-refractivity contribution in [3.63, 3.8) is 0 Å². The highest BCUT2D eigenvalue weighted by Crippen LogP contribution is 2.24. The van der Waals surface area contributed by atoms with Crippen LogP contribution < -0.4 is 0 Å². The Bertz CT molecular complexity index is 620. The lowest BCUT2D eigenvalue weighted by molar-refractivity contribution is 0.184. The van der Waals surface area contributed by atoms with Crippen molar-refractivity contribution in [2.24, 2.45) is 0 Å². The van der Waals surface area contributed by atoms with Crippen LogP contribution in [0.2, 0.25) is 0 Å². The summed E-state index contributed by atoms with van der Waals surface area (Å²) in [6, 6.07) is 8.75. The summed E-state index contributed by atoms with van der Waals surface area (Å²) in [4.78, 5) is 4.00. The first-order valence-corrected chi connectivity index (χ1v) is 7.94. The molecule has 0 amide bonds. The summed E-state index contributed by atoms with van der Waals surface area (Å²) >= 11 is 0. The lowest BCUT2D eigenvalue weighted by Gasteiger charge is -2.18. The van der Waals surface area contributed by atoms with Gasteiger partial charge in [-0.25, -0.2) is 4.98 Å². The fraction of sp³-hybridized carbons (Fsp3) is 0.421. The third-order valence-electron chi connectivity index (χ3n) is 4.22. The van der Waals surface area contributed by atoms with Gasteiger partial charge in [-0.3, -0.25) is 0 Å². The van der Waals surface area contributed by atoms with E-state index in [1.807, 2.05) is 17.7 Å². The van der Waals surface area contributed by atoms with E-state index in [4.69, 9.17) is 5.11 Å². The number of hydrogen-bond donors (Lipinski definition) is 1. The van der Waals surface area contributed by atoms with E-state index in [2.05, 4.69) is 43.1 Å². The highest BCUT2D eigenvalue weighted by Gasteiger charge is 2.10. The van der Waals surface area contributed by atoms with Crippen LogP contribution in [0.3, 0.4) is 0 Å². The second-order valence-corrected chi connectivity index (χ2v) is 5.93. The van der Waals surface area contributed by atoms with Gasteiger partial charge in [-0.2, -0.15) is 0 Å². The monoisotopic (exact) mass is 298 g/mol. The van der Waals surface area contributed by atoms with Crippen LogP contribution >= 0.6 is 0 Å². The highest BCUT2D eigenvalue weighted by atomic mass is 16.3. The number of rotatable bonds is 2. The van der Waals surface area contributed by atoms with Crippen LogP contribution in [-0.2, 0) is 19.4 Å². The van der Waals surface area contributed by atoms with E-state index in [1.54, 1.807) is 24.3 Å². The number of aryl methyl sites for hydroxylation is 1. The first-order chi connectivity index (χ1) is 10.5. The van der Waals surface area contributed by atoms with E-state index >= 15 is 0 Å². The van der Waals surface area contributed by atoms with Gasteiger partial charge in [0.2, 0.25) is 0 Å². The third kappa shape index (κ3) is 3.86. The van der Waals surface area contributed by atoms with Gasteiger partial charge in [0.05, 0.1) is 0 Å². The van der Waals surface area contributed by atoms with Crippen LogP contribution in [0.5, 0.6) is 0 Å². The lowest BCUT2D eigenvalue weighted by atomic mass is 9.88. The van der Waals surface area contributed by atoms with Crippen molar-refractivity contribution in [2.45, 2.75) is 53.2 Å². The number of nitrogens with zero attached hydrogens (tertiary/aromatic N) is 2. The summed E-state index contributed by atoms with van der Waals surface area (Å²) in [7, 11) is 0. The molecule has 22 heavy (non-hydrogen) atoms. The minimum atomic E-state index is -0.463. The topological polar surface area (TPSA) is 38.0 Å². The van der Waals surface area contributed by atoms with Gasteiger partial charge >= 0.3 is 0 Å². The number of allylic oxidation sites excluding steroid dienone is 2. The molecule has 1 aliphatic carbocycles. The van der Waals surface area contributed by atoms with Gasteiger partial charge in [0.25, 0.3) is 0 Å². The van der Waals surface area contributed by atoms with E-state index in [-0.39, 0.29) is 0 Å². The number of fused-ring (bicyclic) bond motifs is 1. The molecular weight excluding hydrogens is 272 g/mol. The molecule has 1 aromatic heterocycles. The molecule has 3 rings (SSSR count). The van der Waals surface area contributed by atoms with E-state index in [9.17, 15) is 0 Å². The second-order valence-electron chi connectivity index (χ2n) is 5.93. The van der Waals surface area contributed by atoms with Crippen molar-refractivity contribution >= 4 is 0 Å². The number of aliphatic hydroxyl groups excluding tert-OH is 1. The lowest BCUT2D eigenvalue weighted by Crippen LogP contribution is -2.04. The third-order valence-corrected chi connectivity index (χ3v) is 4.22. The molecule has 0 spiro atoms. The van der Waals surface area contributed by atoms with Gasteiger partial charge < -0.3 is 9.67 Å². The van der Waals surface area contributed by atoms with Gasteiger partial charge in [0.15, 0.2) is 0 Å². The van der Waals surface area contributed by atoms with Crippen LogP contribution in [0.25, 0.3) is 0 Å². The van der Waals surface area contributed by atoms with Crippen molar-refractivity contribution in [2.75, 3.05) is 0 Å². The Morgan fingerprint density at radius 2 is 1.68 bits per heavy atom. The standard InChI is InChI=1S/C12H14.C7H12N2O/c1-9-7-11-5-3-4-6-12(11)8-10(9)2;1-3-9-5-4-8-7(9)6(2)10/h3-6H,7-8H2,1-2H3;4-6,10H,3H2,1-2H3. The molecule has 0 saturated heterocycles. The highest BCUT2D eigenvalue weighted by molar-refractivity contribution is 5.39. The van der Waals surface area contributed by atoms with Crippen LogP contribution in [0.4, 0.5) is 0 Å². The van der Waals surface area contributed by atoms with Gasteiger partial charge in [-0.15, -0.1) is 0 Å². The maximum absolute atomic E-state index is 9.14. The SMILES string of the molecule is CC1=C(C)Cc2ccccc2C1.CCn1ccnc1C(C)O. The van der Waals surface area contributed by atoms with Crippen LogP contribution in [0.1, 0.15) is 50.8 Å². The first kappa shape index (κ1) is 16.5. The summed E-state index contributed by atoms with van der Waals surface area (Å²) in [5.41, 5.74) is 6.13. The van der Waals surface area contributed by atoms with Gasteiger partial charge in [0, 0.05) is 18.9 Å². The number of aromatic nitrogens is 2. The molecule has 2 aromatic rings. The first-order valence-electron chi connectivity index (χ1n) is 7.94. The fourth-order valence-electron chi connectivity index (χ4n) is 2.73. The minimum absolute atomic E-state index is 0.463. The van der Waals surface area contributed by atoms with Crippen molar-refractivity contribution < 1.29 is 5.11 Å². The molecule has 1 atom stereocenters. The Morgan fingerprint density at radius 3 is 2.09 bits per heavy atom. The van der Waals surface area contributed by atoms with Crippen LogP contribution in [0, 0.1) is 0 Å². The van der Waals surface area contributed by atoms with Gasteiger partial charge in [0.1, 0.15) is 11.9 Å². The summed E-state index contributed by atoms with van der Waals surface area (Å²) in [5.74, 6) is 0.738. The van der Waals surface area contributed by atoms with Gasteiger partial charge in [-0.05, 0) is 51.7 Å². The number of aliphatic hydroxyl groups is 1. The smallest absolute Gasteiger partial charge is 0.137 e. The molecule has 118 valence electrons. The Balaban J connectivity index is 0.000000164. The van der Waals surface area contributed by atoms with E-state index < -0.39 is 6.10 Å². The Kier molecular flexibility index (Phi) is 5.56. The molecule has 1 heterocycles. The molecule has 0 saturated carbocycles. The summed E-state index contributed by atoms with van der Waals surface area (Å²) < 4.78 is 1.92. The maximum atomic E-state index is 9.14. The molecule has 1 N–H and O–H groups in total. The molecule has 1 aliphatic rings. The molecule has 0 aliphatic heterocycles. The summed E-state index contributed by atoms with van der Waals surface area (Å²) in [5, 5.41) is 9.14. The molecule has 3 nitrogen and oxygen atoms in total. The second kappa shape index (κ2) is 7.41. The van der Waals surface area contributed by atoms with Crippen molar-refractivity contribution in [3.05, 3.63) is 64.8 Å². The van der Waals surface area contributed by atoms with E-state index in [0.29, 0.717) is 0 Å². The summed E-state index contributed by atoms with van der Waals surface area (Å²) in [6.07, 6.45) is 5.41.